The van der Waals surface area contributed by atoms with Gasteiger partial charge in [0.15, 0.2) is 0 Å². The molecule has 0 bridgehead atoms. The van der Waals surface area contributed by atoms with E-state index in [-0.39, 0.29) is 6.10 Å². The first-order valence-electron chi connectivity index (χ1n) is 5.46. The summed E-state index contributed by atoms with van der Waals surface area (Å²) in [4.78, 5) is 0. The lowest BCUT2D eigenvalue weighted by Crippen LogP contribution is -2.00. The van der Waals surface area contributed by atoms with Crippen molar-refractivity contribution >= 4 is 0 Å². The van der Waals surface area contributed by atoms with Crippen LogP contribution in [0.25, 0.3) is 0 Å². The van der Waals surface area contributed by atoms with Gasteiger partial charge < -0.3 is 9.84 Å². The van der Waals surface area contributed by atoms with Crippen molar-refractivity contribution in [2.45, 2.75) is 39.2 Å². The third kappa shape index (κ3) is 2.72. The first-order valence-corrected chi connectivity index (χ1v) is 5.46. The van der Waals surface area contributed by atoms with E-state index in [0.717, 1.165) is 23.3 Å². The monoisotopic (exact) mass is 208 g/mol. The first kappa shape index (κ1) is 12.1. The van der Waals surface area contributed by atoms with Crippen LogP contribution in [-0.2, 0) is 0 Å². The van der Waals surface area contributed by atoms with Gasteiger partial charge in [0.2, 0.25) is 0 Å². The van der Waals surface area contributed by atoms with Gasteiger partial charge in [-0.1, -0.05) is 26.8 Å². The molecule has 1 unspecified atom stereocenters. The normalized spacial score (nSPS) is 12.9. The predicted octanol–water partition coefficient (Wildman–Crippen LogP) is 3.26. The highest BCUT2D eigenvalue weighted by Crippen LogP contribution is 2.29. The molecule has 84 valence electrons. The van der Waals surface area contributed by atoms with Crippen LogP contribution in [0.1, 0.15) is 50.3 Å². The lowest BCUT2D eigenvalue weighted by molar-refractivity contribution is 0.173. The minimum absolute atomic E-state index is 0.367. The Labute approximate surface area is 91.9 Å². The Hall–Kier alpha value is -1.02. The lowest BCUT2D eigenvalue weighted by atomic mass is 9.97. The smallest absolute Gasteiger partial charge is 0.122 e. The third-order valence-electron chi connectivity index (χ3n) is 2.65. The van der Waals surface area contributed by atoms with Crippen LogP contribution in [0, 0.1) is 0 Å². The first-order chi connectivity index (χ1) is 7.10. The molecule has 0 heterocycles. The number of methoxy groups -OCH3 is 1. The molecule has 0 radical (unpaired) electrons. The summed E-state index contributed by atoms with van der Waals surface area (Å²) in [6.45, 7) is 6.23. The predicted molar refractivity (Wildman–Crippen MR) is 62.3 cm³/mol. The minimum atomic E-state index is -0.367. The molecule has 2 heteroatoms. The second-order valence-corrected chi connectivity index (χ2v) is 4.08. The van der Waals surface area contributed by atoms with Crippen LogP contribution >= 0.6 is 0 Å². The summed E-state index contributed by atoms with van der Waals surface area (Å²) in [5.74, 6) is 1.31. The molecule has 15 heavy (non-hydrogen) atoms. The molecule has 0 aliphatic rings. The summed E-state index contributed by atoms with van der Waals surface area (Å²) in [7, 11) is 1.68. The molecular weight excluding hydrogens is 188 g/mol. The molecule has 0 aliphatic heterocycles. The minimum Gasteiger partial charge on any atom is -0.496 e. The molecule has 0 aliphatic carbocycles. The molecule has 0 saturated carbocycles. The van der Waals surface area contributed by atoms with Crippen molar-refractivity contribution in [3.8, 4) is 5.75 Å². The number of ether oxygens (including phenoxy) is 1. The van der Waals surface area contributed by atoms with Gasteiger partial charge in [-0.3, -0.25) is 0 Å². The van der Waals surface area contributed by atoms with Crippen LogP contribution in [0.5, 0.6) is 5.75 Å². The Morgan fingerprint density at radius 1 is 1.33 bits per heavy atom. The van der Waals surface area contributed by atoms with E-state index in [4.69, 9.17) is 4.74 Å². The zero-order valence-corrected chi connectivity index (χ0v) is 9.95. The quantitative estimate of drug-likeness (QED) is 0.823. The van der Waals surface area contributed by atoms with Crippen LogP contribution in [0.4, 0.5) is 0 Å². The van der Waals surface area contributed by atoms with Gasteiger partial charge in [-0.05, 0) is 35.6 Å². The molecule has 0 aromatic heterocycles. The van der Waals surface area contributed by atoms with Gasteiger partial charge in [0.1, 0.15) is 5.75 Å². The van der Waals surface area contributed by atoms with Crippen molar-refractivity contribution < 1.29 is 9.84 Å². The molecule has 1 rings (SSSR count). The number of aliphatic hydroxyl groups is 1. The summed E-state index contributed by atoms with van der Waals surface area (Å²) in [5.41, 5.74) is 2.13. The third-order valence-corrected chi connectivity index (χ3v) is 2.65. The molecule has 0 spiro atoms. The summed E-state index contributed by atoms with van der Waals surface area (Å²) in [6, 6.07) is 5.90. The number of hydrogen-bond acceptors (Lipinski definition) is 2. The Bertz CT molecular complexity index is 318. The fourth-order valence-corrected chi connectivity index (χ4v) is 1.65. The van der Waals surface area contributed by atoms with Crippen LogP contribution in [0.2, 0.25) is 0 Å². The number of benzene rings is 1. The van der Waals surface area contributed by atoms with Crippen molar-refractivity contribution in [1.29, 1.82) is 0 Å². The highest BCUT2D eigenvalue weighted by molar-refractivity contribution is 5.39. The number of rotatable bonds is 4. The molecule has 0 amide bonds. The van der Waals surface area contributed by atoms with E-state index in [1.807, 2.05) is 25.1 Å². The van der Waals surface area contributed by atoms with E-state index < -0.39 is 0 Å². The zero-order chi connectivity index (χ0) is 11.4. The van der Waals surface area contributed by atoms with Crippen molar-refractivity contribution in [1.82, 2.24) is 0 Å². The van der Waals surface area contributed by atoms with E-state index in [0.29, 0.717) is 5.92 Å². The van der Waals surface area contributed by atoms with Gasteiger partial charge in [0, 0.05) is 0 Å². The van der Waals surface area contributed by atoms with Gasteiger partial charge in [0.25, 0.3) is 0 Å². The molecule has 1 N–H and O–H groups in total. The number of hydrogen-bond donors (Lipinski definition) is 1. The average molecular weight is 208 g/mol. The Kier molecular flexibility index (Phi) is 4.15. The van der Waals surface area contributed by atoms with E-state index >= 15 is 0 Å². The topological polar surface area (TPSA) is 29.5 Å². The Morgan fingerprint density at radius 2 is 2.00 bits per heavy atom. The standard InChI is InChI=1S/C13H20O2/c1-5-12(14)10-6-7-13(15-4)11(8-10)9(2)3/h6-9,12,14H,5H2,1-4H3. The second-order valence-electron chi connectivity index (χ2n) is 4.08. The van der Waals surface area contributed by atoms with Crippen molar-refractivity contribution in [2.24, 2.45) is 0 Å². The Morgan fingerprint density at radius 3 is 2.47 bits per heavy atom. The summed E-state index contributed by atoms with van der Waals surface area (Å²) in [5, 5.41) is 9.76. The fourth-order valence-electron chi connectivity index (χ4n) is 1.65. The van der Waals surface area contributed by atoms with E-state index in [1.54, 1.807) is 7.11 Å². The lowest BCUT2D eigenvalue weighted by Gasteiger charge is -2.15. The second kappa shape index (κ2) is 5.17. The SMILES string of the molecule is CCC(O)c1ccc(OC)c(C(C)C)c1. The van der Waals surface area contributed by atoms with Crippen molar-refractivity contribution in [3.05, 3.63) is 29.3 Å². The van der Waals surface area contributed by atoms with Crippen LogP contribution in [0.15, 0.2) is 18.2 Å². The van der Waals surface area contributed by atoms with E-state index in [1.165, 1.54) is 0 Å². The molecule has 2 nitrogen and oxygen atoms in total. The maximum atomic E-state index is 9.76. The molecule has 0 fully saturated rings. The summed E-state index contributed by atoms with van der Waals surface area (Å²) < 4.78 is 5.29. The Balaban J connectivity index is 3.10. The highest BCUT2D eigenvalue weighted by Gasteiger charge is 2.11. The van der Waals surface area contributed by atoms with Crippen LogP contribution < -0.4 is 4.74 Å². The number of aliphatic hydroxyl groups excluding tert-OH is 1. The largest absolute Gasteiger partial charge is 0.496 e. The summed E-state index contributed by atoms with van der Waals surface area (Å²) >= 11 is 0. The van der Waals surface area contributed by atoms with Crippen LogP contribution in [-0.4, -0.2) is 12.2 Å². The van der Waals surface area contributed by atoms with Crippen molar-refractivity contribution in [3.63, 3.8) is 0 Å². The maximum absolute atomic E-state index is 9.76. The van der Waals surface area contributed by atoms with Crippen LogP contribution in [0.3, 0.4) is 0 Å². The van der Waals surface area contributed by atoms with Gasteiger partial charge in [-0.2, -0.15) is 0 Å². The maximum Gasteiger partial charge on any atom is 0.122 e. The highest BCUT2D eigenvalue weighted by atomic mass is 16.5. The van der Waals surface area contributed by atoms with E-state index in [2.05, 4.69) is 13.8 Å². The van der Waals surface area contributed by atoms with Gasteiger partial charge in [-0.15, -0.1) is 0 Å². The molecule has 1 aromatic rings. The van der Waals surface area contributed by atoms with Crippen molar-refractivity contribution in [2.75, 3.05) is 7.11 Å². The van der Waals surface area contributed by atoms with Gasteiger partial charge in [0.05, 0.1) is 13.2 Å². The average Bonchev–Trinajstić information content (AvgIpc) is 2.27. The van der Waals surface area contributed by atoms with Gasteiger partial charge in [-0.25, -0.2) is 0 Å². The molecule has 0 saturated heterocycles. The zero-order valence-electron chi connectivity index (χ0n) is 9.95. The summed E-state index contributed by atoms with van der Waals surface area (Å²) in [6.07, 6.45) is 0.373. The fraction of sp³-hybridized carbons (Fsp3) is 0.538. The molecule has 1 aromatic carbocycles. The molecule has 1 atom stereocenters. The van der Waals surface area contributed by atoms with E-state index in [9.17, 15) is 5.11 Å². The molecular formula is C13H20O2. The van der Waals surface area contributed by atoms with Gasteiger partial charge >= 0.3 is 0 Å².